The Morgan fingerprint density at radius 2 is 2.04 bits per heavy atom. The summed E-state index contributed by atoms with van der Waals surface area (Å²) in [6, 6.07) is 8.02. The Bertz CT molecular complexity index is 576. The van der Waals surface area contributed by atoms with Crippen molar-refractivity contribution >= 4 is 41.5 Å². The molecule has 1 aliphatic heterocycles. The van der Waals surface area contributed by atoms with Crippen LogP contribution in [0.25, 0.3) is 0 Å². The lowest BCUT2D eigenvalue weighted by molar-refractivity contribution is 0.0888. The summed E-state index contributed by atoms with van der Waals surface area (Å²) in [6.45, 7) is 12.1. The van der Waals surface area contributed by atoms with E-state index in [1.807, 2.05) is 12.1 Å². The van der Waals surface area contributed by atoms with Gasteiger partial charge in [0.05, 0.1) is 19.8 Å². The maximum absolute atomic E-state index is 6.00. The molecule has 5 nitrogen and oxygen atoms in total. The lowest BCUT2D eigenvalue weighted by Crippen LogP contribution is -2.39. The predicted molar refractivity (Wildman–Crippen MR) is 128 cm³/mol. The molecule has 160 valence electrons. The second-order valence-electron chi connectivity index (χ2n) is 7.67. The largest absolute Gasteiger partial charge is 0.381 e. The zero-order chi connectivity index (χ0) is 19.5. The number of rotatable bonds is 10. The Balaban J connectivity index is 0.00000392. The monoisotopic (exact) mass is 523 g/mol. The molecule has 0 radical (unpaired) electrons. The van der Waals surface area contributed by atoms with Gasteiger partial charge in [-0.05, 0) is 37.5 Å². The summed E-state index contributed by atoms with van der Waals surface area (Å²) >= 11 is 6.00. The minimum atomic E-state index is -0.0561. The first-order valence-electron chi connectivity index (χ1n) is 9.95. The van der Waals surface area contributed by atoms with Crippen LogP contribution in [0.3, 0.4) is 0 Å². The van der Waals surface area contributed by atoms with E-state index < -0.39 is 0 Å². The molecule has 0 aliphatic carbocycles. The summed E-state index contributed by atoms with van der Waals surface area (Å²) < 4.78 is 11.1. The quantitative estimate of drug-likeness (QED) is 0.209. The third-order valence-corrected chi connectivity index (χ3v) is 4.99. The molecule has 2 rings (SSSR count). The number of hydrogen-bond donors (Lipinski definition) is 2. The van der Waals surface area contributed by atoms with Crippen LogP contribution in [0, 0.1) is 5.92 Å². The van der Waals surface area contributed by atoms with Crippen LogP contribution >= 0.6 is 35.6 Å². The molecule has 1 aliphatic rings. The minimum absolute atomic E-state index is 0. The summed E-state index contributed by atoms with van der Waals surface area (Å²) in [6.07, 6.45) is 2.08. The Morgan fingerprint density at radius 1 is 1.29 bits per heavy atom. The Morgan fingerprint density at radius 3 is 2.68 bits per heavy atom. The highest BCUT2D eigenvalue weighted by molar-refractivity contribution is 14.0. The molecule has 0 saturated carbocycles. The maximum atomic E-state index is 6.00. The number of nitrogens with one attached hydrogen (secondary N) is 2. The minimum Gasteiger partial charge on any atom is -0.381 e. The number of aliphatic imine (C=N–C) groups is 1. The molecule has 1 unspecified atom stereocenters. The fourth-order valence-corrected chi connectivity index (χ4v) is 3.08. The van der Waals surface area contributed by atoms with E-state index >= 15 is 0 Å². The van der Waals surface area contributed by atoms with Crippen LogP contribution in [0.2, 0.25) is 5.02 Å². The van der Waals surface area contributed by atoms with Crippen LogP contribution in [-0.4, -0.2) is 52.0 Å². The zero-order valence-corrected chi connectivity index (χ0v) is 20.4. The van der Waals surface area contributed by atoms with Gasteiger partial charge in [0.2, 0.25) is 0 Å². The normalized spacial score (nSPS) is 17.3. The molecule has 1 fully saturated rings. The van der Waals surface area contributed by atoms with Gasteiger partial charge in [-0.25, -0.2) is 0 Å². The van der Waals surface area contributed by atoms with E-state index in [9.17, 15) is 0 Å². The molecule has 1 saturated heterocycles. The highest BCUT2D eigenvalue weighted by Crippen LogP contribution is 2.24. The van der Waals surface area contributed by atoms with Gasteiger partial charge in [0.25, 0.3) is 0 Å². The number of benzene rings is 1. The first-order valence-corrected chi connectivity index (χ1v) is 10.3. The van der Waals surface area contributed by atoms with Crippen molar-refractivity contribution in [1.82, 2.24) is 10.6 Å². The Kier molecular flexibility index (Phi) is 12.4. The van der Waals surface area contributed by atoms with Gasteiger partial charge in [0.15, 0.2) is 5.96 Å². The molecule has 0 aromatic heterocycles. The second kappa shape index (κ2) is 13.6. The Hall–Kier alpha value is -0.570. The van der Waals surface area contributed by atoms with Crippen molar-refractivity contribution in [3.8, 4) is 0 Å². The fourth-order valence-electron chi connectivity index (χ4n) is 2.96. The molecule has 0 bridgehead atoms. The molecule has 7 heteroatoms. The molecule has 2 N–H and O–H groups in total. The van der Waals surface area contributed by atoms with Crippen molar-refractivity contribution < 1.29 is 9.47 Å². The summed E-state index contributed by atoms with van der Waals surface area (Å²) in [7, 11) is 0. The molecule has 1 aromatic rings. The third kappa shape index (κ3) is 9.29. The van der Waals surface area contributed by atoms with Crippen LogP contribution in [0.15, 0.2) is 29.3 Å². The van der Waals surface area contributed by atoms with Gasteiger partial charge < -0.3 is 20.1 Å². The number of halogens is 2. The Labute approximate surface area is 192 Å². The number of guanidine groups is 1. The van der Waals surface area contributed by atoms with E-state index in [1.165, 1.54) is 5.56 Å². The summed E-state index contributed by atoms with van der Waals surface area (Å²) in [5.41, 5.74) is 1.18. The highest BCUT2D eigenvalue weighted by atomic mass is 127. The van der Waals surface area contributed by atoms with Crippen molar-refractivity contribution in [2.24, 2.45) is 10.9 Å². The second-order valence-corrected chi connectivity index (χ2v) is 8.11. The standard InChI is InChI=1S/C21H34ClN3O2.HI/c1-4-23-20(24-11-5-12-26-14-17-10-13-27-15-17)25-16-21(2,3)18-6-8-19(22)9-7-18;/h6-9,17H,4-5,10-16H2,1-3H3,(H2,23,24,25);1H. The maximum Gasteiger partial charge on any atom is 0.191 e. The molecular weight excluding hydrogens is 489 g/mol. The van der Waals surface area contributed by atoms with Gasteiger partial charge >= 0.3 is 0 Å². The average Bonchev–Trinajstić information content (AvgIpc) is 3.16. The van der Waals surface area contributed by atoms with Gasteiger partial charge in [-0.2, -0.15) is 0 Å². The zero-order valence-electron chi connectivity index (χ0n) is 17.3. The van der Waals surface area contributed by atoms with E-state index in [0.29, 0.717) is 12.5 Å². The van der Waals surface area contributed by atoms with E-state index in [0.717, 1.165) is 63.3 Å². The smallest absolute Gasteiger partial charge is 0.191 e. The van der Waals surface area contributed by atoms with Crippen molar-refractivity contribution in [2.45, 2.75) is 39.0 Å². The molecule has 28 heavy (non-hydrogen) atoms. The summed E-state index contributed by atoms with van der Waals surface area (Å²) in [5.74, 6) is 1.43. The fraction of sp³-hybridized carbons (Fsp3) is 0.667. The van der Waals surface area contributed by atoms with E-state index in [1.54, 1.807) is 0 Å². The van der Waals surface area contributed by atoms with Crippen molar-refractivity contribution in [3.63, 3.8) is 0 Å². The number of ether oxygens (including phenoxy) is 2. The highest BCUT2D eigenvalue weighted by Gasteiger charge is 2.20. The predicted octanol–water partition coefficient (Wildman–Crippen LogP) is 4.23. The van der Waals surface area contributed by atoms with Crippen LogP contribution in [0.1, 0.15) is 39.2 Å². The van der Waals surface area contributed by atoms with E-state index in [4.69, 9.17) is 26.1 Å². The van der Waals surface area contributed by atoms with Crippen molar-refractivity contribution in [2.75, 3.05) is 46.1 Å². The molecule has 1 aromatic carbocycles. The average molecular weight is 524 g/mol. The van der Waals surface area contributed by atoms with Crippen LogP contribution in [-0.2, 0) is 14.9 Å². The first kappa shape index (κ1) is 25.5. The van der Waals surface area contributed by atoms with E-state index in [-0.39, 0.29) is 29.4 Å². The van der Waals surface area contributed by atoms with Crippen LogP contribution in [0.5, 0.6) is 0 Å². The van der Waals surface area contributed by atoms with Gasteiger partial charge in [-0.1, -0.05) is 37.6 Å². The summed E-state index contributed by atoms with van der Waals surface area (Å²) in [4.78, 5) is 4.77. The SMILES string of the molecule is CCNC(=NCC(C)(C)c1ccc(Cl)cc1)NCCCOCC1CCOC1.I. The molecule has 0 amide bonds. The first-order chi connectivity index (χ1) is 13.0. The van der Waals surface area contributed by atoms with Gasteiger partial charge in [-0.3, -0.25) is 4.99 Å². The lowest BCUT2D eigenvalue weighted by Gasteiger charge is -2.24. The number of nitrogens with zero attached hydrogens (tertiary/aromatic N) is 1. The molecule has 1 heterocycles. The van der Waals surface area contributed by atoms with Crippen molar-refractivity contribution in [1.29, 1.82) is 0 Å². The van der Waals surface area contributed by atoms with Gasteiger partial charge in [-0.15, -0.1) is 24.0 Å². The van der Waals surface area contributed by atoms with E-state index in [2.05, 4.69) is 43.5 Å². The number of hydrogen-bond acceptors (Lipinski definition) is 3. The topological polar surface area (TPSA) is 54.9 Å². The van der Waals surface area contributed by atoms with Crippen LogP contribution < -0.4 is 10.6 Å². The van der Waals surface area contributed by atoms with Gasteiger partial charge in [0.1, 0.15) is 0 Å². The third-order valence-electron chi connectivity index (χ3n) is 4.74. The van der Waals surface area contributed by atoms with Crippen molar-refractivity contribution in [3.05, 3.63) is 34.9 Å². The molecular formula is C21H35ClIN3O2. The summed E-state index contributed by atoms with van der Waals surface area (Å²) in [5, 5.41) is 7.47. The van der Waals surface area contributed by atoms with Gasteiger partial charge in [0, 0.05) is 42.7 Å². The lowest BCUT2D eigenvalue weighted by atomic mass is 9.85. The molecule has 1 atom stereocenters. The molecule has 0 spiro atoms. The van der Waals surface area contributed by atoms with Crippen LogP contribution in [0.4, 0.5) is 0 Å².